The third-order valence-corrected chi connectivity index (χ3v) is 4.86. The Morgan fingerprint density at radius 3 is 2.71 bits per heavy atom. The van der Waals surface area contributed by atoms with E-state index in [1.165, 1.54) is 23.5 Å². The first kappa shape index (κ1) is 16.3. The molecule has 0 aliphatic heterocycles. The normalized spacial score (nSPS) is 11.3. The van der Waals surface area contributed by atoms with E-state index in [-0.39, 0.29) is 11.6 Å². The Hall–Kier alpha value is -2.53. The number of rotatable bonds is 4. The van der Waals surface area contributed by atoms with Crippen molar-refractivity contribution < 1.29 is 9.18 Å². The van der Waals surface area contributed by atoms with Gasteiger partial charge in [0, 0.05) is 23.2 Å². The molecule has 0 unspecified atom stereocenters. The fourth-order valence-electron chi connectivity index (χ4n) is 2.65. The predicted octanol–water partition coefficient (Wildman–Crippen LogP) is 4.80. The minimum absolute atomic E-state index is 0.0971. The molecule has 0 saturated heterocycles. The Balaban J connectivity index is 1.90. The van der Waals surface area contributed by atoms with Gasteiger partial charge in [0.1, 0.15) is 5.82 Å². The molecule has 0 aliphatic rings. The molecule has 0 bridgehead atoms. The van der Waals surface area contributed by atoms with Gasteiger partial charge in [-0.2, -0.15) is 5.10 Å². The first-order valence-corrected chi connectivity index (χ1v) is 8.41. The predicted molar refractivity (Wildman–Crippen MR) is 95.8 cm³/mol. The van der Waals surface area contributed by atoms with Crippen LogP contribution < -0.4 is 0 Å². The Bertz CT molecular complexity index is 923. The third kappa shape index (κ3) is 3.08. The molecule has 2 aromatic heterocycles. The van der Waals surface area contributed by atoms with E-state index < -0.39 is 0 Å². The van der Waals surface area contributed by atoms with Crippen molar-refractivity contribution in [2.75, 3.05) is 0 Å². The van der Waals surface area contributed by atoms with Gasteiger partial charge in [-0.25, -0.2) is 4.39 Å². The highest BCUT2D eigenvalue weighted by Crippen LogP contribution is 2.28. The minimum atomic E-state index is -0.264. The van der Waals surface area contributed by atoms with Crippen LogP contribution in [0.3, 0.4) is 0 Å². The molecule has 0 spiro atoms. The number of nitrogens with zero attached hydrogens (tertiary/aromatic N) is 2. The molecule has 0 aliphatic carbocycles. The number of aryl methyl sites for hydroxylation is 2. The Kier molecular flexibility index (Phi) is 4.44. The van der Waals surface area contributed by atoms with Crippen LogP contribution in [0.25, 0.3) is 16.5 Å². The van der Waals surface area contributed by atoms with E-state index in [1.807, 2.05) is 38.4 Å². The van der Waals surface area contributed by atoms with Crippen LogP contribution >= 0.6 is 11.3 Å². The van der Waals surface area contributed by atoms with Crippen LogP contribution in [0.2, 0.25) is 0 Å². The standard InChI is InChI=1S/C19H17FN2OS/c1-12-19(13(2)22(3)21-12)17(23)9-7-14-6-8-16(20)15(11-14)18-5-4-10-24-18/h4-11H,1-3H3/b9-7+. The van der Waals surface area contributed by atoms with Gasteiger partial charge in [0.2, 0.25) is 0 Å². The van der Waals surface area contributed by atoms with Gasteiger partial charge in [0.05, 0.1) is 11.3 Å². The molecule has 0 radical (unpaired) electrons. The van der Waals surface area contributed by atoms with Crippen molar-refractivity contribution in [3.8, 4) is 10.4 Å². The summed E-state index contributed by atoms with van der Waals surface area (Å²) in [5.74, 6) is -0.361. The summed E-state index contributed by atoms with van der Waals surface area (Å²) in [6.45, 7) is 3.69. The number of thiophene rings is 1. The van der Waals surface area contributed by atoms with Crippen LogP contribution in [-0.2, 0) is 7.05 Å². The van der Waals surface area contributed by atoms with Gasteiger partial charge in [0.25, 0.3) is 0 Å². The second-order valence-corrected chi connectivity index (χ2v) is 6.53. The second-order valence-electron chi connectivity index (χ2n) is 5.58. The van der Waals surface area contributed by atoms with Crippen molar-refractivity contribution in [3.63, 3.8) is 0 Å². The summed E-state index contributed by atoms with van der Waals surface area (Å²) in [4.78, 5) is 13.3. The van der Waals surface area contributed by atoms with Crippen molar-refractivity contribution >= 4 is 23.2 Å². The first-order valence-electron chi connectivity index (χ1n) is 7.53. The minimum Gasteiger partial charge on any atom is -0.289 e. The van der Waals surface area contributed by atoms with E-state index >= 15 is 0 Å². The summed E-state index contributed by atoms with van der Waals surface area (Å²) in [5.41, 5.74) is 3.50. The summed E-state index contributed by atoms with van der Waals surface area (Å²) in [5, 5.41) is 6.17. The zero-order valence-corrected chi connectivity index (χ0v) is 14.5. The molecule has 5 heteroatoms. The quantitative estimate of drug-likeness (QED) is 0.505. The van der Waals surface area contributed by atoms with Gasteiger partial charge in [-0.05, 0) is 49.1 Å². The summed E-state index contributed by atoms with van der Waals surface area (Å²) in [6, 6.07) is 8.62. The average Bonchev–Trinajstić information content (AvgIpc) is 3.15. The lowest BCUT2D eigenvalue weighted by molar-refractivity contribution is 0.104. The van der Waals surface area contributed by atoms with Gasteiger partial charge >= 0.3 is 0 Å². The molecule has 0 N–H and O–H groups in total. The lowest BCUT2D eigenvalue weighted by Gasteiger charge is -2.02. The van der Waals surface area contributed by atoms with Crippen LogP contribution in [-0.4, -0.2) is 15.6 Å². The van der Waals surface area contributed by atoms with Crippen LogP contribution in [0.4, 0.5) is 4.39 Å². The molecular weight excluding hydrogens is 323 g/mol. The lowest BCUT2D eigenvalue weighted by Crippen LogP contribution is -1.99. The second kappa shape index (κ2) is 6.53. The van der Waals surface area contributed by atoms with Crippen molar-refractivity contribution in [1.82, 2.24) is 9.78 Å². The van der Waals surface area contributed by atoms with E-state index in [0.29, 0.717) is 16.8 Å². The maximum Gasteiger partial charge on any atom is 0.189 e. The molecule has 3 rings (SSSR count). The number of halogens is 1. The summed E-state index contributed by atoms with van der Waals surface area (Å²) < 4.78 is 15.7. The van der Waals surface area contributed by atoms with Gasteiger partial charge < -0.3 is 0 Å². The summed E-state index contributed by atoms with van der Waals surface area (Å²) in [7, 11) is 1.82. The van der Waals surface area contributed by atoms with Crippen molar-refractivity contribution in [3.05, 3.63) is 70.1 Å². The maximum absolute atomic E-state index is 14.0. The molecule has 24 heavy (non-hydrogen) atoms. The van der Waals surface area contributed by atoms with Gasteiger partial charge in [-0.1, -0.05) is 18.2 Å². The molecule has 3 nitrogen and oxygen atoms in total. The zero-order valence-electron chi connectivity index (χ0n) is 13.7. The van der Waals surface area contributed by atoms with Crippen LogP contribution in [0, 0.1) is 19.7 Å². The number of hydrogen-bond donors (Lipinski definition) is 0. The van der Waals surface area contributed by atoms with Crippen molar-refractivity contribution in [1.29, 1.82) is 0 Å². The molecule has 0 fully saturated rings. The molecule has 0 saturated carbocycles. The molecule has 122 valence electrons. The fourth-order valence-corrected chi connectivity index (χ4v) is 3.40. The fraction of sp³-hybridized carbons (Fsp3) is 0.158. The van der Waals surface area contributed by atoms with Gasteiger partial charge in [-0.15, -0.1) is 11.3 Å². The van der Waals surface area contributed by atoms with E-state index in [1.54, 1.807) is 22.9 Å². The molecule has 0 amide bonds. The van der Waals surface area contributed by atoms with E-state index in [0.717, 1.165) is 16.1 Å². The zero-order chi connectivity index (χ0) is 17.3. The number of aromatic nitrogens is 2. The topological polar surface area (TPSA) is 34.9 Å². The third-order valence-electron chi connectivity index (χ3n) is 3.96. The van der Waals surface area contributed by atoms with Crippen molar-refractivity contribution in [2.45, 2.75) is 13.8 Å². The van der Waals surface area contributed by atoms with E-state index in [2.05, 4.69) is 5.10 Å². The Morgan fingerprint density at radius 1 is 1.29 bits per heavy atom. The van der Waals surface area contributed by atoms with Crippen LogP contribution in [0.15, 0.2) is 41.8 Å². The molecule has 0 atom stereocenters. The number of benzene rings is 1. The molecular formula is C19H17FN2OS. The highest BCUT2D eigenvalue weighted by molar-refractivity contribution is 7.13. The molecule has 1 aromatic carbocycles. The van der Waals surface area contributed by atoms with Crippen LogP contribution in [0.5, 0.6) is 0 Å². The van der Waals surface area contributed by atoms with Crippen molar-refractivity contribution in [2.24, 2.45) is 7.05 Å². The number of hydrogen-bond acceptors (Lipinski definition) is 3. The largest absolute Gasteiger partial charge is 0.289 e. The maximum atomic E-state index is 14.0. The van der Waals surface area contributed by atoms with Gasteiger partial charge in [0.15, 0.2) is 5.78 Å². The number of allylic oxidation sites excluding steroid dienone is 1. The summed E-state index contributed by atoms with van der Waals surface area (Å²) >= 11 is 1.48. The number of carbonyl (C=O) groups is 1. The number of ketones is 1. The molecule has 3 aromatic rings. The summed E-state index contributed by atoms with van der Waals surface area (Å²) in [6.07, 6.45) is 3.23. The SMILES string of the molecule is Cc1nn(C)c(C)c1C(=O)/C=C/c1ccc(F)c(-c2cccs2)c1. The Morgan fingerprint density at radius 2 is 2.08 bits per heavy atom. The Labute approximate surface area is 144 Å². The first-order chi connectivity index (χ1) is 11.5. The smallest absolute Gasteiger partial charge is 0.189 e. The van der Waals surface area contributed by atoms with Crippen LogP contribution in [0.1, 0.15) is 27.3 Å². The van der Waals surface area contributed by atoms with E-state index in [4.69, 9.17) is 0 Å². The highest BCUT2D eigenvalue weighted by atomic mass is 32.1. The van der Waals surface area contributed by atoms with Gasteiger partial charge in [-0.3, -0.25) is 9.48 Å². The monoisotopic (exact) mass is 340 g/mol. The lowest BCUT2D eigenvalue weighted by atomic mass is 10.1. The molecule has 2 heterocycles. The van der Waals surface area contributed by atoms with E-state index in [9.17, 15) is 9.18 Å². The number of carbonyl (C=O) groups excluding carboxylic acids is 1. The highest BCUT2D eigenvalue weighted by Gasteiger charge is 2.15. The average molecular weight is 340 g/mol.